The highest BCUT2D eigenvalue weighted by Crippen LogP contribution is 2.26. The number of rotatable bonds is 3. The van der Waals surface area contributed by atoms with Crippen molar-refractivity contribution in [2.24, 2.45) is 5.92 Å². The first-order valence-corrected chi connectivity index (χ1v) is 7.02. The van der Waals surface area contributed by atoms with Gasteiger partial charge in [0.2, 0.25) is 0 Å². The third-order valence-electron chi connectivity index (χ3n) is 3.22. The van der Waals surface area contributed by atoms with Crippen LogP contribution in [0.15, 0.2) is 24.4 Å². The summed E-state index contributed by atoms with van der Waals surface area (Å²) in [6, 6.07) is 5.64. The smallest absolute Gasteiger partial charge is 0.166 e. The van der Waals surface area contributed by atoms with Gasteiger partial charge in [-0.15, -0.1) is 0 Å². The van der Waals surface area contributed by atoms with E-state index in [0.717, 1.165) is 30.0 Å². The van der Waals surface area contributed by atoms with Crippen molar-refractivity contribution in [1.29, 1.82) is 0 Å². The molecule has 3 heterocycles. The summed E-state index contributed by atoms with van der Waals surface area (Å²) < 4.78 is 1.88. The summed E-state index contributed by atoms with van der Waals surface area (Å²) in [6.07, 6.45) is 5.21. The van der Waals surface area contributed by atoms with Crippen molar-refractivity contribution >= 4 is 23.7 Å². The van der Waals surface area contributed by atoms with E-state index in [-0.39, 0.29) is 0 Å². The minimum absolute atomic E-state index is 0.669. The van der Waals surface area contributed by atoms with Crippen molar-refractivity contribution in [3.63, 3.8) is 0 Å². The molecule has 0 aliphatic carbocycles. The average Bonchev–Trinajstić information content (AvgIpc) is 2.97. The van der Waals surface area contributed by atoms with Crippen LogP contribution in [-0.2, 0) is 6.42 Å². The van der Waals surface area contributed by atoms with Gasteiger partial charge in [-0.2, -0.15) is 11.8 Å². The molecule has 0 bridgehead atoms. The molecule has 0 N–H and O–H groups in total. The van der Waals surface area contributed by atoms with Gasteiger partial charge in [-0.1, -0.05) is 6.07 Å². The molecule has 2 aromatic heterocycles. The average molecular weight is 246 g/mol. The Morgan fingerprint density at radius 2 is 2.47 bits per heavy atom. The van der Waals surface area contributed by atoms with Gasteiger partial charge in [-0.25, -0.2) is 4.98 Å². The van der Waals surface area contributed by atoms with E-state index >= 15 is 0 Å². The first-order chi connectivity index (χ1) is 8.36. The second kappa shape index (κ2) is 4.53. The third-order valence-corrected chi connectivity index (χ3v) is 4.45. The summed E-state index contributed by atoms with van der Waals surface area (Å²) in [5.41, 5.74) is 2.64. The highest BCUT2D eigenvalue weighted by molar-refractivity contribution is 7.99. The van der Waals surface area contributed by atoms with Crippen LogP contribution < -0.4 is 0 Å². The Labute approximate surface area is 104 Å². The zero-order chi connectivity index (χ0) is 11.7. The van der Waals surface area contributed by atoms with Gasteiger partial charge in [-0.05, 0) is 42.4 Å². The van der Waals surface area contributed by atoms with Gasteiger partial charge in [0.15, 0.2) is 6.29 Å². The fraction of sp³-hybridized carbons (Fsp3) is 0.385. The van der Waals surface area contributed by atoms with Crippen molar-refractivity contribution in [2.45, 2.75) is 12.8 Å². The molecule has 3 nitrogen and oxygen atoms in total. The molecule has 1 atom stereocenters. The van der Waals surface area contributed by atoms with Gasteiger partial charge in [0, 0.05) is 6.20 Å². The largest absolute Gasteiger partial charge is 0.297 e. The van der Waals surface area contributed by atoms with Crippen LogP contribution in [0.25, 0.3) is 5.65 Å². The molecule has 0 radical (unpaired) electrons. The van der Waals surface area contributed by atoms with Crippen molar-refractivity contribution in [1.82, 2.24) is 9.38 Å². The Morgan fingerprint density at radius 3 is 3.24 bits per heavy atom. The molecule has 17 heavy (non-hydrogen) atoms. The van der Waals surface area contributed by atoms with Crippen molar-refractivity contribution in [3.05, 3.63) is 35.8 Å². The molecular formula is C13H14N2OS. The molecule has 0 aromatic carbocycles. The summed E-state index contributed by atoms with van der Waals surface area (Å²) in [7, 11) is 0. The third kappa shape index (κ3) is 2.09. The molecular weight excluding hydrogens is 232 g/mol. The molecule has 0 amide bonds. The van der Waals surface area contributed by atoms with Crippen LogP contribution >= 0.6 is 11.8 Å². The lowest BCUT2D eigenvalue weighted by Crippen LogP contribution is -2.02. The van der Waals surface area contributed by atoms with Gasteiger partial charge >= 0.3 is 0 Å². The van der Waals surface area contributed by atoms with E-state index in [4.69, 9.17) is 0 Å². The maximum absolute atomic E-state index is 10.9. The number of imidazole rings is 1. The van der Waals surface area contributed by atoms with E-state index in [2.05, 4.69) is 4.98 Å². The van der Waals surface area contributed by atoms with Gasteiger partial charge in [-0.3, -0.25) is 9.20 Å². The fourth-order valence-corrected chi connectivity index (χ4v) is 3.60. The number of pyridine rings is 1. The molecule has 0 saturated carbocycles. The molecule has 3 rings (SSSR count). The number of aldehydes is 1. The lowest BCUT2D eigenvalue weighted by Gasteiger charge is -2.03. The zero-order valence-corrected chi connectivity index (χ0v) is 10.3. The van der Waals surface area contributed by atoms with Crippen LogP contribution in [-0.4, -0.2) is 27.2 Å². The number of carbonyl (C=O) groups is 1. The van der Waals surface area contributed by atoms with Crippen LogP contribution in [0.4, 0.5) is 0 Å². The van der Waals surface area contributed by atoms with Crippen LogP contribution in [0.5, 0.6) is 0 Å². The van der Waals surface area contributed by atoms with Crippen LogP contribution in [0.1, 0.15) is 22.6 Å². The predicted octanol–water partition coefficient (Wildman–Crippen LogP) is 2.44. The standard InChI is InChI=1S/C13H14N2OS/c16-8-12-2-1-3-13-14-11(7-15(12)13)6-10-4-5-17-9-10/h1-3,7-8,10H,4-6,9H2. The Hall–Kier alpha value is -1.29. The lowest BCUT2D eigenvalue weighted by atomic mass is 10.0. The van der Waals surface area contributed by atoms with E-state index in [9.17, 15) is 4.79 Å². The summed E-state index contributed by atoms with van der Waals surface area (Å²) in [4.78, 5) is 15.5. The Morgan fingerprint density at radius 1 is 1.53 bits per heavy atom. The number of aromatic nitrogens is 2. The number of carbonyl (C=O) groups excluding carboxylic acids is 1. The SMILES string of the molecule is O=Cc1cccc2nc(CC3CCSC3)cn12. The molecule has 1 fully saturated rings. The highest BCUT2D eigenvalue weighted by atomic mass is 32.2. The monoisotopic (exact) mass is 246 g/mol. The molecule has 1 aliphatic rings. The van der Waals surface area contributed by atoms with E-state index < -0.39 is 0 Å². The summed E-state index contributed by atoms with van der Waals surface area (Å²) in [6.45, 7) is 0. The second-order valence-electron chi connectivity index (χ2n) is 4.46. The Kier molecular flexibility index (Phi) is 2.89. The van der Waals surface area contributed by atoms with Crippen LogP contribution in [0.3, 0.4) is 0 Å². The maximum atomic E-state index is 10.9. The van der Waals surface area contributed by atoms with Crippen molar-refractivity contribution in [2.75, 3.05) is 11.5 Å². The molecule has 88 valence electrons. The number of fused-ring (bicyclic) bond motifs is 1. The molecule has 2 aromatic rings. The molecule has 1 saturated heterocycles. The van der Waals surface area contributed by atoms with Gasteiger partial charge in [0.05, 0.1) is 11.4 Å². The number of nitrogens with zero attached hydrogens (tertiary/aromatic N) is 2. The van der Waals surface area contributed by atoms with Crippen molar-refractivity contribution < 1.29 is 4.79 Å². The van der Waals surface area contributed by atoms with Gasteiger partial charge in [0.1, 0.15) is 5.65 Å². The van der Waals surface area contributed by atoms with Gasteiger partial charge in [0.25, 0.3) is 0 Å². The second-order valence-corrected chi connectivity index (χ2v) is 5.61. The number of thioether (sulfide) groups is 1. The predicted molar refractivity (Wildman–Crippen MR) is 69.7 cm³/mol. The van der Waals surface area contributed by atoms with Crippen LogP contribution in [0.2, 0.25) is 0 Å². The molecule has 1 unspecified atom stereocenters. The van der Waals surface area contributed by atoms with E-state index in [1.807, 2.05) is 40.6 Å². The lowest BCUT2D eigenvalue weighted by molar-refractivity contribution is 0.111. The molecule has 1 aliphatic heterocycles. The Balaban J connectivity index is 1.92. The summed E-state index contributed by atoms with van der Waals surface area (Å²) >= 11 is 2.03. The Bertz CT molecular complexity index is 543. The van der Waals surface area contributed by atoms with Crippen molar-refractivity contribution in [3.8, 4) is 0 Å². The quantitative estimate of drug-likeness (QED) is 0.780. The van der Waals surface area contributed by atoms with Gasteiger partial charge < -0.3 is 0 Å². The molecule has 0 spiro atoms. The topological polar surface area (TPSA) is 34.4 Å². The minimum Gasteiger partial charge on any atom is -0.297 e. The van der Waals surface area contributed by atoms with E-state index in [1.54, 1.807) is 0 Å². The van der Waals surface area contributed by atoms with Crippen LogP contribution in [0, 0.1) is 5.92 Å². The summed E-state index contributed by atoms with van der Waals surface area (Å²) in [5.74, 6) is 3.27. The highest BCUT2D eigenvalue weighted by Gasteiger charge is 2.17. The fourth-order valence-electron chi connectivity index (χ4n) is 2.32. The van der Waals surface area contributed by atoms with E-state index in [1.165, 1.54) is 17.9 Å². The maximum Gasteiger partial charge on any atom is 0.166 e. The number of hydrogen-bond acceptors (Lipinski definition) is 3. The van der Waals surface area contributed by atoms with E-state index in [0.29, 0.717) is 5.69 Å². The summed E-state index contributed by atoms with van der Waals surface area (Å²) in [5, 5.41) is 0. The zero-order valence-electron chi connectivity index (χ0n) is 9.50. The first-order valence-electron chi connectivity index (χ1n) is 5.87. The number of hydrogen-bond donors (Lipinski definition) is 0. The normalized spacial score (nSPS) is 19.9. The minimum atomic E-state index is 0.669. The first kappa shape index (κ1) is 10.8. The molecule has 4 heteroatoms.